The van der Waals surface area contributed by atoms with Crippen LogP contribution in [0.25, 0.3) is 6.08 Å². The average Bonchev–Trinajstić information content (AvgIpc) is 2.83. The van der Waals surface area contributed by atoms with Crippen molar-refractivity contribution in [3.63, 3.8) is 0 Å². The zero-order chi connectivity index (χ0) is 23.4. The number of carbonyl (C=O) groups excluding carboxylic acids is 3. The van der Waals surface area contributed by atoms with E-state index in [1.807, 2.05) is 18.2 Å². The highest BCUT2D eigenvalue weighted by atomic mass is 16.5. The van der Waals surface area contributed by atoms with Gasteiger partial charge in [-0.25, -0.2) is 0 Å². The van der Waals surface area contributed by atoms with Crippen molar-refractivity contribution < 1.29 is 19.1 Å². The highest BCUT2D eigenvalue weighted by molar-refractivity contribution is 6.58. The molecule has 164 valence electrons. The maximum absolute atomic E-state index is 12.8. The third kappa shape index (κ3) is 4.49. The van der Waals surface area contributed by atoms with Gasteiger partial charge in [-0.05, 0) is 42.0 Å². The molecule has 8 heteroatoms. The van der Waals surface area contributed by atoms with Crippen molar-refractivity contribution in [2.24, 2.45) is 10.8 Å². The summed E-state index contributed by atoms with van der Waals surface area (Å²) < 4.78 is 5.36. The van der Waals surface area contributed by atoms with Gasteiger partial charge in [-0.2, -0.15) is 5.10 Å². The highest BCUT2D eigenvalue weighted by Gasteiger charge is 2.28. The van der Waals surface area contributed by atoms with Crippen molar-refractivity contribution in [2.45, 2.75) is 0 Å². The Balaban J connectivity index is 1.66. The first-order valence-corrected chi connectivity index (χ1v) is 10.0. The standard InChI is InChI=1S/C25H20N4O4/c1-33-21-12-11-16(25(32)27-17-8-3-2-4-9-17)14-20(21)28-29-22-18-10-6-5-7-15(18)13-19(23(22)30)24(26)31/h2-14,28H,1H3,(H2,26,31)(H,27,32)/b29-22-. The van der Waals surface area contributed by atoms with Gasteiger partial charge >= 0.3 is 0 Å². The van der Waals surface area contributed by atoms with E-state index in [1.54, 1.807) is 54.6 Å². The Hall–Kier alpha value is -4.72. The fourth-order valence-electron chi connectivity index (χ4n) is 3.38. The number of nitrogens with zero attached hydrogens (tertiary/aromatic N) is 1. The van der Waals surface area contributed by atoms with Crippen LogP contribution in [0, 0.1) is 0 Å². The Kier molecular flexibility index (Phi) is 5.99. The van der Waals surface area contributed by atoms with Crippen molar-refractivity contribution >= 4 is 40.8 Å². The first kappa shape index (κ1) is 21.5. The van der Waals surface area contributed by atoms with E-state index in [9.17, 15) is 14.4 Å². The summed E-state index contributed by atoms with van der Waals surface area (Å²) in [5.41, 5.74) is 10.6. The summed E-state index contributed by atoms with van der Waals surface area (Å²) >= 11 is 0. The van der Waals surface area contributed by atoms with Crippen LogP contribution in [0.1, 0.15) is 21.5 Å². The Morgan fingerprint density at radius 2 is 1.70 bits per heavy atom. The van der Waals surface area contributed by atoms with Crippen LogP contribution in [-0.2, 0) is 9.59 Å². The van der Waals surface area contributed by atoms with E-state index < -0.39 is 11.7 Å². The zero-order valence-corrected chi connectivity index (χ0v) is 17.7. The number of ketones is 1. The number of hydrazone groups is 1. The lowest BCUT2D eigenvalue weighted by Gasteiger charge is -2.16. The minimum atomic E-state index is -0.834. The molecule has 4 N–H and O–H groups in total. The average molecular weight is 440 g/mol. The number of para-hydroxylation sites is 1. The van der Waals surface area contributed by atoms with Crippen LogP contribution in [0.2, 0.25) is 0 Å². The van der Waals surface area contributed by atoms with Gasteiger partial charge in [0.25, 0.3) is 11.8 Å². The molecular formula is C25H20N4O4. The fourth-order valence-corrected chi connectivity index (χ4v) is 3.38. The number of rotatable bonds is 6. The predicted octanol–water partition coefficient (Wildman–Crippen LogP) is 3.22. The molecule has 0 aliphatic heterocycles. The second-order valence-electron chi connectivity index (χ2n) is 7.15. The van der Waals surface area contributed by atoms with Crippen LogP contribution >= 0.6 is 0 Å². The minimum Gasteiger partial charge on any atom is -0.495 e. The Bertz CT molecular complexity index is 1310. The summed E-state index contributed by atoms with van der Waals surface area (Å²) in [4.78, 5) is 37.3. The number of hydrogen-bond donors (Lipinski definition) is 3. The lowest BCUT2D eigenvalue weighted by molar-refractivity contribution is -0.118. The highest BCUT2D eigenvalue weighted by Crippen LogP contribution is 2.27. The lowest BCUT2D eigenvalue weighted by atomic mass is 9.89. The molecule has 0 bridgehead atoms. The molecule has 0 atom stereocenters. The van der Waals surface area contributed by atoms with E-state index in [4.69, 9.17) is 10.5 Å². The fraction of sp³-hybridized carbons (Fsp3) is 0.0400. The molecule has 0 fully saturated rings. The van der Waals surface area contributed by atoms with Crippen molar-refractivity contribution in [1.29, 1.82) is 0 Å². The summed E-state index contributed by atoms with van der Waals surface area (Å²) in [6.45, 7) is 0. The van der Waals surface area contributed by atoms with Crippen molar-refractivity contribution in [3.05, 3.63) is 95.1 Å². The predicted molar refractivity (Wildman–Crippen MR) is 126 cm³/mol. The monoisotopic (exact) mass is 440 g/mol. The van der Waals surface area contributed by atoms with Crippen molar-refractivity contribution in [2.75, 3.05) is 17.9 Å². The molecule has 1 aliphatic carbocycles. The number of benzene rings is 3. The van der Waals surface area contributed by atoms with E-state index in [-0.39, 0.29) is 17.2 Å². The summed E-state index contributed by atoms with van der Waals surface area (Å²) in [5.74, 6) is -1.33. The second kappa shape index (κ2) is 9.19. The molecule has 33 heavy (non-hydrogen) atoms. The summed E-state index contributed by atoms with van der Waals surface area (Å²) in [6.07, 6.45) is 1.45. The Morgan fingerprint density at radius 3 is 2.42 bits per heavy atom. The van der Waals surface area contributed by atoms with Gasteiger partial charge in [-0.1, -0.05) is 42.5 Å². The van der Waals surface area contributed by atoms with Gasteiger partial charge in [-0.3, -0.25) is 19.8 Å². The number of nitrogens with one attached hydrogen (secondary N) is 2. The number of carbonyl (C=O) groups is 3. The molecule has 0 aromatic heterocycles. The van der Waals surface area contributed by atoms with E-state index >= 15 is 0 Å². The van der Waals surface area contributed by atoms with Crippen LogP contribution in [0.3, 0.4) is 0 Å². The summed E-state index contributed by atoms with van der Waals surface area (Å²) in [7, 11) is 1.48. The molecule has 0 unspecified atom stereocenters. The van der Waals surface area contributed by atoms with Crippen molar-refractivity contribution in [3.8, 4) is 5.75 Å². The molecule has 3 aromatic rings. The maximum Gasteiger partial charge on any atom is 0.255 e. The third-order valence-electron chi connectivity index (χ3n) is 5.02. The minimum absolute atomic E-state index is 0.0306. The van der Waals surface area contributed by atoms with Crippen LogP contribution in [-0.4, -0.2) is 30.4 Å². The Morgan fingerprint density at radius 1 is 0.970 bits per heavy atom. The van der Waals surface area contributed by atoms with Gasteiger partial charge < -0.3 is 15.8 Å². The van der Waals surface area contributed by atoms with E-state index in [0.717, 1.165) is 0 Å². The van der Waals surface area contributed by atoms with Crippen molar-refractivity contribution in [1.82, 2.24) is 0 Å². The molecule has 8 nitrogen and oxygen atoms in total. The van der Waals surface area contributed by atoms with Gasteiger partial charge in [-0.15, -0.1) is 0 Å². The second-order valence-corrected chi connectivity index (χ2v) is 7.15. The molecule has 3 aromatic carbocycles. The molecule has 0 heterocycles. The van der Waals surface area contributed by atoms with Gasteiger partial charge in [0.2, 0.25) is 5.78 Å². The molecule has 0 saturated carbocycles. The first-order chi connectivity index (χ1) is 16.0. The van der Waals surface area contributed by atoms with E-state index in [2.05, 4.69) is 15.8 Å². The molecule has 2 amide bonds. The molecule has 4 rings (SSSR count). The van der Waals surface area contributed by atoms with Gasteiger partial charge in [0.05, 0.1) is 18.4 Å². The van der Waals surface area contributed by atoms with Crippen LogP contribution in [0.4, 0.5) is 11.4 Å². The molecule has 1 aliphatic rings. The molecular weight excluding hydrogens is 420 g/mol. The molecule has 0 saturated heterocycles. The van der Waals surface area contributed by atoms with Gasteiger partial charge in [0.1, 0.15) is 11.5 Å². The third-order valence-corrected chi connectivity index (χ3v) is 5.02. The zero-order valence-electron chi connectivity index (χ0n) is 17.7. The van der Waals surface area contributed by atoms with Crippen LogP contribution < -0.4 is 21.2 Å². The molecule has 0 radical (unpaired) electrons. The summed E-state index contributed by atoms with van der Waals surface area (Å²) in [6, 6.07) is 20.9. The van der Waals surface area contributed by atoms with Gasteiger partial charge in [0, 0.05) is 16.8 Å². The molecule has 0 spiro atoms. The summed E-state index contributed by atoms with van der Waals surface area (Å²) in [5, 5.41) is 7.07. The number of amides is 2. The smallest absolute Gasteiger partial charge is 0.255 e. The maximum atomic E-state index is 12.8. The lowest BCUT2D eigenvalue weighted by Crippen LogP contribution is -2.30. The Labute approximate surface area is 189 Å². The number of nitrogens with two attached hydrogens (primary N) is 1. The van der Waals surface area contributed by atoms with Crippen LogP contribution in [0.15, 0.2) is 83.5 Å². The van der Waals surface area contributed by atoms with Gasteiger partial charge in [0.15, 0.2) is 0 Å². The van der Waals surface area contributed by atoms with E-state index in [0.29, 0.717) is 33.8 Å². The number of Topliss-reactive ketones (excluding diaryl/α,β-unsaturated/α-hetero) is 1. The number of ether oxygens (including phenoxy) is 1. The topological polar surface area (TPSA) is 123 Å². The number of hydrogen-bond acceptors (Lipinski definition) is 6. The number of anilines is 2. The number of primary amides is 1. The quantitative estimate of drug-likeness (QED) is 0.401. The van der Waals surface area contributed by atoms with E-state index in [1.165, 1.54) is 13.2 Å². The first-order valence-electron chi connectivity index (χ1n) is 10.0. The number of methoxy groups -OCH3 is 1. The normalized spacial score (nSPS) is 13.7. The number of fused-ring (bicyclic) bond motifs is 1. The SMILES string of the molecule is COc1ccc(C(=O)Nc2ccccc2)cc1N/N=C1\C(=O)C(C(N)=O)=Cc2ccccc21. The largest absolute Gasteiger partial charge is 0.495 e. The van der Waals surface area contributed by atoms with Crippen LogP contribution in [0.5, 0.6) is 5.75 Å².